The molecule has 0 radical (unpaired) electrons. The Balaban J connectivity index is 1.60. The van der Waals surface area contributed by atoms with E-state index in [-0.39, 0.29) is 5.82 Å². The first-order valence-electron chi connectivity index (χ1n) is 8.88. The molecule has 2 aromatic carbocycles. The van der Waals surface area contributed by atoms with Crippen molar-refractivity contribution >= 4 is 17.2 Å². The van der Waals surface area contributed by atoms with Gasteiger partial charge < -0.3 is 4.74 Å². The van der Waals surface area contributed by atoms with Gasteiger partial charge in [-0.25, -0.2) is 4.39 Å². The number of morpholine rings is 1. The van der Waals surface area contributed by atoms with Gasteiger partial charge in [0.2, 0.25) is 0 Å². The topological polar surface area (TPSA) is 12.5 Å². The largest absolute Gasteiger partial charge is 0.379 e. The smallest absolute Gasteiger partial charge is 0.130 e. The van der Waals surface area contributed by atoms with Crippen LogP contribution in [0.3, 0.4) is 0 Å². The van der Waals surface area contributed by atoms with Crippen molar-refractivity contribution in [2.45, 2.75) is 6.42 Å². The molecular formula is C22H22FNO. The minimum Gasteiger partial charge on any atom is -0.379 e. The minimum atomic E-state index is -0.178. The van der Waals surface area contributed by atoms with Crippen molar-refractivity contribution in [3.05, 3.63) is 77.1 Å². The van der Waals surface area contributed by atoms with Gasteiger partial charge >= 0.3 is 0 Å². The van der Waals surface area contributed by atoms with Crippen LogP contribution in [-0.2, 0) is 4.74 Å². The van der Waals surface area contributed by atoms with E-state index in [0.717, 1.165) is 44.8 Å². The summed E-state index contributed by atoms with van der Waals surface area (Å²) in [7, 11) is 0. The van der Waals surface area contributed by atoms with E-state index >= 15 is 0 Å². The van der Waals surface area contributed by atoms with Crippen molar-refractivity contribution in [2.75, 3.05) is 32.8 Å². The minimum absolute atomic E-state index is 0.178. The number of allylic oxidation sites excluding steroid dienone is 2. The van der Waals surface area contributed by atoms with E-state index in [1.54, 1.807) is 6.07 Å². The van der Waals surface area contributed by atoms with Crippen LogP contribution in [0.1, 0.15) is 23.1 Å². The summed E-state index contributed by atoms with van der Waals surface area (Å²) < 4.78 is 19.4. The highest BCUT2D eigenvalue weighted by atomic mass is 19.1. The molecule has 1 aliphatic carbocycles. The van der Waals surface area contributed by atoms with Crippen LogP contribution in [0.15, 0.2) is 54.6 Å². The number of hydrogen-bond acceptors (Lipinski definition) is 2. The van der Waals surface area contributed by atoms with Crippen molar-refractivity contribution in [3.63, 3.8) is 0 Å². The molecule has 128 valence electrons. The normalized spacial score (nSPS) is 19.1. The van der Waals surface area contributed by atoms with Crippen molar-refractivity contribution in [3.8, 4) is 0 Å². The fourth-order valence-corrected chi connectivity index (χ4v) is 3.55. The number of fused-ring (bicyclic) bond motifs is 1. The standard InChI is InChI=1S/C22H22FNO/c23-22-8-4-1-5-18(22)16-19-15-17(20-6-2-3-7-21(19)20)9-10-24-11-13-25-14-12-24/h1-8,15-16H,9-14H2/b19-16+. The fraction of sp³-hybridized carbons (Fsp3) is 0.273. The maximum absolute atomic E-state index is 14.0. The van der Waals surface area contributed by atoms with Crippen molar-refractivity contribution in [2.24, 2.45) is 0 Å². The van der Waals surface area contributed by atoms with E-state index in [9.17, 15) is 4.39 Å². The average Bonchev–Trinajstić information content (AvgIpc) is 3.01. The molecule has 0 amide bonds. The van der Waals surface area contributed by atoms with Crippen LogP contribution >= 0.6 is 0 Å². The summed E-state index contributed by atoms with van der Waals surface area (Å²) in [4.78, 5) is 2.45. The van der Waals surface area contributed by atoms with Crippen LogP contribution in [0.2, 0.25) is 0 Å². The van der Waals surface area contributed by atoms with Gasteiger partial charge in [0, 0.05) is 25.2 Å². The van der Waals surface area contributed by atoms with Gasteiger partial charge in [-0.05, 0) is 40.8 Å². The lowest BCUT2D eigenvalue weighted by molar-refractivity contribution is 0.0390. The van der Waals surface area contributed by atoms with Crippen LogP contribution in [-0.4, -0.2) is 37.7 Å². The molecular weight excluding hydrogens is 313 g/mol. The Bertz CT molecular complexity index is 818. The van der Waals surface area contributed by atoms with Gasteiger partial charge in [-0.3, -0.25) is 4.90 Å². The van der Waals surface area contributed by atoms with Crippen LogP contribution in [0.25, 0.3) is 17.2 Å². The Hall–Kier alpha value is -2.23. The Morgan fingerprint density at radius 2 is 1.68 bits per heavy atom. The van der Waals surface area contributed by atoms with E-state index in [1.165, 1.54) is 22.8 Å². The van der Waals surface area contributed by atoms with Gasteiger partial charge in [0.05, 0.1) is 13.2 Å². The molecule has 1 aliphatic heterocycles. The van der Waals surface area contributed by atoms with Gasteiger partial charge in [0.1, 0.15) is 5.82 Å². The number of hydrogen-bond donors (Lipinski definition) is 0. The summed E-state index contributed by atoms with van der Waals surface area (Å²) in [6, 6.07) is 15.4. The first-order valence-corrected chi connectivity index (χ1v) is 8.88. The Morgan fingerprint density at radius 3 is 2.48 bits per heavy atom. The SMILES string of the molecule is Fc1ccccc1/C=C1\C=C(CCN2CCOCC2)c2ccccc21. The zero-order valence-corrected chi connectivity index (χ0v) is 14.2. The predicted molar refractivity (Wildman–Crippen MR) is 101 cm³/mol. The van der Waals surface area contributed by atoms with Crippen LogP contribution in [0.5, 0.6) is 0 Å². The summed E-state index contributed by atoms with van der Waals surface area (Å²) in [5, 5.41) is 0. The highest BCUT2D eigenvalue weighted by Crippen LogP contribution is 2.38. The lowest BCUT2D eigenvalue weighted by Crippen LogP contribution is -2.36. The molecule has 2 aliphatic rings. The Labute approximate surface area is 148 Å². The second kappa shape index (κ2) is 7.34. The monoisotopic (exact) mass is 335 g/mol. The Kier molecular flexibility index (Phi) is 4.77. The third kappa shape index (κ3) is 3.58. The molecule has 0 N–H and O–H groups in total. The number of rotatable bonds is 4. The summed E-state index contributed by atoms with van der Waals surface area (Å²) in [6.45, 7) is 4.71. The quantitative estimate of drug-likeness (QED) is 0.816. The second-order valence-electron chi connectivity index (χ2n) is 6.54. The lowest BCUT2D eigenvalue weighted by atomic mass is 10.0. The lowest BCUT2D eigenvalue weighted by Gasteiger charge is -2.26. The molecule has 0 bridgehead atoms. The third-order valence-electron chi connectivity index (χ3n) is 4.93. The summed E-state index contributed by atoms with van der Waals surface area (Å²) in [6.07, 6.45) is 5.18. The molecule has 0 atom stereocenters. The highest BCUT2D eigenvalue weighted by Gasteiger charge is 2.19. The van der Waals surface area contributed by atoms with Crippen molar-refractivity contribution < 1.29 is 9.13 Å². The molecule has 0 aromatic heterocycles. The molecule has 2 aromatic rings. The summed E-state index contributed by atoms with van der Waals surface area (Å²) >= 11 is 0. The van der Waals surface area contributed by atoms with Gasteiger partial charge in [-0.1, -0.05) is 48.5 Å². The maximum atomic E-state index is 14.0. The molecule has 0 unspecified atom stereocenters. The van der Waals surface area contributed by atoms with E-state index < -0.39 is 0 Å². The summed E-state index contributed by atoms with van der Waals surface area (Å²) in [5.41, 5.74) is 5.54. The summed E-state index contributed by atoms with van der Waals surface area (Å²) in [5.74, 6) is -0.178. The molecule has 0 spiro atoms. The zero-order valence-electron chi connectivity index (χ0n) is 14.2. The number of ether oxygens (including phenoxy) is 1. The molecule has 1 fully saturated rings. The molecule has 1 saturated heterocycles. The molecule has 0 saturated carbocycles. The van der Waals surface area contributed by atoms with Gasteiger partial charge in [-0.2, -0.15) is 0 Å². The van der Waals surface area contributed by atoms with Crippen LogP contribution in [0.4, 0.5) is 4.39 Å². The highest BCUT2D eigenvalue weighted by molar-refractivity contribution is 6.01. The maximum Gasteiger partial charge on any atom is 0.130 e. The molecule has 4 rings (SSSR count). The number of nitrogens with zero attached hydrogens (tertiary/aromatic N) is 1. The molecule has 3 heteroatoms. The van der Waals surface area contributed by atoms with E-state index in [4.69, 9.17) is 4.74 Å². The molecule has 25 heavy (non-hydrogen) atoms. The number of benzene rings is 2. The first kappa shape index (κ1) is 16.2. The Morgan fingerprint density at radius 1 is 0.960 bits per heavy atom. The number of halogens is 1. The van der Waals surface area contributed by atoms with Crippen molar-refractivity contribution in [1.29, 1.82) is 0 Å². The first-order chi connectivity index (χ1) is 12.3. The predicted octanol–water partition coefficient (Wildman–Crippen LogP) is 4.49. The van der Waals surface area contributed by atoms with Crippen molar-refractivity contribution in [1.82, 2.24) is 4.90 Å². The zero-order chi connectivity index (χ0) is 17.1. The van der Waals surface area contributed by atoms with Crippen LogP contribution < -0.4 is 0 Å². The second-order valence-corrected chi connectivity index (χ2v) is 6.54. The fourth-order valence-electron chi connectivity index (χ4n) is 3.55. The van der Waals surface area contributed by atoms with E-state index in [0.29, 0.717) is 5.56 Å². The van der Waals surface area contributed by atoms with Crippen LogP contribution in [0, 0.1) is 5.82 Å². The van der Waals surface area contributed by atoms with Gasteiger partial charge in [0.15, 0.2) is 0 Å². The molecule has 2 nitrogen and oxygen atoms in total. The van der Waals surface area contributed by atoms with Gasteiger partial charge in [-0.15, -0.1) is 0 Å². The average molecular weight is 335 g/mol. The third-order valence-corrected chi connectivity index (χ3v) is 4.93. The molecule has 1 heterocycles. The van der Waals surface area contributed by atoms with E-state index in [1.807, 2.05) is 24.3 Å². The van der Waals surface area contributed by atoms with E-state index in [2.05, 4.69) is 29.2 Å². The van der Waals surface area contributed by atoms with Gasteiger partial charge in [0.25, 0.3) is 0 Å².